The molecule has 0 bridgehead atoms. The molecule has 2 saturated heterocycles. The summed E-state index contributed by atoms with van der Waals surface area (Å²) in [5.74, 6) is -1.06. The van der Waals surface area contributed by atoms with Crippen LogP contribution in [0, 0.1) is 11.6 Å². The molecule has 3 atom stereocenters. The average Bonchev–Trinajstić information content (AvgIpc) is 2.77. The minimum Gasteiger partial charge on any atom is -0.488 e. The topological polar surface area (TPSA) is 32.8 Å². The van der Waals surface area contributed by atoms with Gasteiger partial charge in [-0.3, -0.25) is 0 Å². The third-order valence-corrected chi connectivity index (χ3v) is 7.52. The SMILES string of the molecule is C.CCN1CC[C@@H]2CC[C@@]3(Cc4ccc(Cl)cc4)c4c(F)ccc(F)c4OC[C@H]3N2C1=O. The number of fused-ring (bicyclic) bond motifs is 5. The van der Waals surface area contributed by atoms with Crippen molar-refractivity contribution >= 4 is 17.6 Å². The molecule has 4 nitrogen and oxygen atoms in total. The first kappa shape index (κ1) is 22.8. The summed E-state index contributed by atoms with van der Waals surface area (Å²) in [5, 5.41) is 0.621. The van der Waals surface area contributed by atoms with Crippen LogP contribution in [0.2, 0.25) is 5.02 Å². The van der Waals surface area contributed by atoms with E-state index in [4.69, 9.17) is 16.3 Å². The molecule has 0 radical (unpaired) electrons. The molecule has 3 aliphatic rings. The van der Waals surface area contributed by atoms with Gasteiger partial charge < -0.3 is 14.5 Å². The molecule has 2 aromatic rings. The summed E-state index contributed by atoms with van der Waals surface area (Å²) in [7, 11) is 0. The highest BCUT2D eigenvalue weighted by Crippen LogP contribution is 2.52. The highest BCUT2D eigenvalue weighted by Gasteiger charge is 2.57. The van der Waals surface area contributed by atoms with Crippen molar-refractivity contribution in [2.24, 2.45) is 0 Å². The van der Waals surface area contributed by atoms with Crippen molar-refractivity contribution in [1.29, 1.82) is 0 Å². The smallest absolute Gasteiger partial charge is 0.320 e. The highest BCUT2D eigenvalue weighted by atomic mass is 35.5. The molecule has 0 N–H and O–H groups in total. The zero-order chi connectivity index (χ0) is 21.8. The molecule has 0 aliphatic carbocycles. The van der Waals surface area contributed by atoms with Gasteiger partial charge in [-0.2, -0.15) is 0 Å². The molecule has 2 fully saturated rings. The van der Waals surface area contributed by atoms with Gasteiger partial charge in [0, 0.05) is 35.1 Å². The van der Waals surface area contributed by atoms with Crippen LogP contribution in [0.5, 0.6) is 5.75 Å². The molecule has 3 aliphatic heterocycles. The van der Waals surface area contributed by atoms with Crippen LogP contribution < -0.4 is 4.74 Å². The van der Waals surface area contributed by atoms with E-state index < -0.39 is 17.0 Å². The van der Waals surface area contributed by atoms with Crippen molar-refractivity contribution in [3.05, 3.63) is 64.2 Å². The Labute approximate surface area is 193 Å². The van der Waals surface area contributed by atoms with Gasteiger partial charge >= 0.3 is 6.03 Å². The van der Waals surface area contributed by atoms with Gasteiger partial charge in [0.05, 0.1) is 6.04 Å². The normalized spacial score (nSPS) is 26.4. The van der Waals surface area contributed by atoms with E-state index in [2.05, 4.69) is 0 Å². The Morgan fingerprint density at radius 1 is 1.12 bits per heavy atom. The molecule has 0 saturated carbocycles. The second-order valence-electron chi connectivity index (χ2n) is 8.77. The number of nitrogens with zero attached hydrogens (tertiary/aromatic N) is 2. The Morgan fingerprint density at radius 2 is 1.84 bits per heavy atom. The van der Waals surface area contributed by atoms with Crippen molar-refractivity contribution in [1.82, 2.24) is 9.80 Å². The summed E-state index contributed by atoms with van der Waals surface area (Å²) in [4.78, 5) is 17.1. The largest absolute Gasteiger partial charge is 0.488 e. The van der Waals surface area contributed by atoms with E-state index in [1.807, 2.05) is 28.9 Å². The number of rotatable bonds is 3. The lowest BCUT2D eigenvalue weighted by atomic mass is 9.62. The van der Waals surface area contributed by atoms with E-state index in [1.54, 1.807) is 12.1 Å². The number of hydrogen-bond donors (Lipinski definition) is 0. The van der Waals surface area contributed by atoms with E-state index in [9.17, 15) is 9.18 Å². The second kappa shape index (κ2) is 8.54. The van der Waals surface area contributed by atoms with Crippen molar-refractivity contribution < 1.29 is 18.3 Å². The highest BCUT2D eigenvalue weighted by molar-refractivity contribution is 6.30. The minimum absolute atomic E-state index is 0. The maximum absolute atomic E-state index is 15.3. The van der Waals surface area contributed by atoms with Gasteiger partial charge in [0.15, 0.2) is 11.6 Å². The van der Waals surface area contributed by atoms with Crippen molar-refractivity contribution in [2.45, 2.75) is 57.5 Å². The third-order valence-electron chi connectivity index (χ3n) is 7.27. The van der Waals surface area contributed by atoms with Crippen molar-refractivity contribution in [3.8, 4) is 5.75 Å². The third kappa shape index (κ3) is 3.43. The van der Waals surface area contributed by atoms with Gasteiger partial charge in [-0.25, -0.2) is 13.6 Å². The molecule has 0 spiro atoms. The van der Waals surface area contributed by atoms with Crippen molar-refractivity contribution in [3.63, 3.8) is 0 Å². The lowest BCUT2D eigenvalue weighted by Gasteiger charge is -2.58. The Hall–Kier alpha value is -2.34. The number of halogens is 3. The van der Waals surface area contributed by atoms with Crippen LogP contribution >= 0.6 is 11.6 Å². The van der Waals surface area contributed by atoms with Crippen LogP contribution in [-0.2, 0) is 11.8 Å². The molecule has 7 heteroatoms. The minimum atomic E-state index is -0.767. The van der Waals surface area contributed by atoms with Crippen LogP contribution in [0.15, 0.2) is 36.4 Å². The zero-order valence-electron chi connectivity index (χ0n) is 17.4. The van der Waals surface area contributed by atoms with E-state index >= 15 is 4.39 Å². The molecule has 2 amide bonds. The summed E-state index contributed by atoms with van der Waals surface area (Å²) in [6.45, 7) is 3.47. The molecule has 5 rings (SSSR count). The van der Waals surface area contributed by atoms with Gasteiger partial charge in [-0.05, 0) is 62.4 Å². The zero-order valence-corrected chi connectivity index (χ0v) is 18.2. The predicted octanol–water partition coefficient (Wildman–Crippen LogP) is 5.81. The average molecular weight is 463 g/mol. The number of ether oxygens (including phenoxy) is 1. The van der Waals surface area contributed by atoms with Crippen molar-refractivity contribution in [2.75, 3.05) is 19.7 Å². The fourth-order valence-electron chi connectivity index (χ4n) is 5.77. The van der Waals surface area contributed by atoms with E-state index in [1.165, 1.54) is 6.07 Å². The molecule has 172 valence electrons. The van der Waals surface area contributed by atoms with Gasteiger partial charge in [-0.15, -0.1) is 0 Å². The number of carbonyl (C=O) groups excluding carboxylic acids is 1. The summed E-state index contributed by atoms with van der Waals surface area (Å²) < 4.78 is 35.8. The molecule has 2 aromatic carbocycles. The van der Waals surface area contributed by atoms with E-state index in [0.717, 1.165) is 31.0 Å². The molecule has 3 heterocycles. The van der Waals surface area contributed by atoms with Crippen LogP contribution in [0.3, 0.4) is 0 Å². The van der Waals surface area contributed by atoms with Gasteiger partial charge in [0.25, 0.3) is 0 Å². The summed E-state index contributed by atoms with van der Waals surface area (Å²) >= 11 is 6.07. The number of hydrogen-bond acceptors (Lipinski definition) is 2. The molecule has 0 unspecified atom stereocenters. The molecule has 0 aromatic heterocycles. The fraction of sp³-hybridized carbons (Fsp3) is 0.480. The maximum Gasteiger partial charge on any atom is 0.320 e. The number of benzene rings is 2. The standard InChI is InChI=1S/C24H25ClF2N2O2.CH4/c1-2-28-12-10-17-9-11-24(13-15-3-5-16(25)6-4-15)20(29(17)23(28)30)14-31-22-19(27)8-7-18(26)21(22)24;/h3-8,17,20H,2,9-14H2,1H3;1H4/t17-,20+,24-;/m0./s1. The van der Waals surface area contributed by atoms with Gasteiger partial charge in [-0.1, -0.05) is 31.2 Å². The first-order valence-corrected chi connectivity index (χ1v) is 11.3. The summed E-state index contributed by atoms with van der Waals surface area (Å²) in [6.07, 6.45) is 2.78. The lowest BCUT2D eigenvalue weighted by Crippen LogP contribution is -2.69. The Kier molecular flexibility index (Phi) is 6.10. The van der Waals surface area contributed by atoms with Crippen LogP contribution in [0.4, 0.5) is 13.6 Å². The van der Waals surface area contributed by atoms with E-state index in [0.29, 0.717) is 24.4 Å². The number of amides is 2. The Bertz CT molecular complexity index is 1020. The first-order valence-electron chi connectivity index (χ1n) is 10.9. The quantitative estimate of drug-likeness (QED) is 0.577. The fourth-order valence-corrected chi connectivity index (χ4v) is 5.90. The van der Waals surface area contributed by atoms with Crippen LogP contribution in [-0.4, -0.2) is 47.6 Å². The lowest BCUT2D eigenvalue weighted by molar-refractivity contribution is -0.0262. The predicted molar refractivity (Wildman–Crippen MR) is 121 cm³/mol. The summed E-state index contributed by atoms with van der Waals surface area (Å²) in [6, 6.07) is 9.43. The molecular formula is C25H29ClF2N2O2. The number of urea groups is 1. The Morgan fingerprint density at radius 3 is 2.56 bits per heavy atom. The van der Waals surface area contributed by atoms with Crippen LogP contribution in [0.1, 0.15) is 44.7 Å². The maximum atomic E-state index is 15.3. The molecule has 32 heavy (non-hydrogen) atoms. The van der Waals surface area contributed by atoms with Gasteiger partial charge in [0.1, 0.15) is 12.4 Å². The molecular weight excluding hydrogens is 434 g/mol. The second-order valence-corrected chi connectivity index (χ2v) is 9.21. The van der Waals surface area contributed by atoms with Gasteiger partial charge in [0.2, 0.25) is 0 Å². The Balaban J connectivity index is 0.00000245. The first-order chi connectivity index (χ1) is 14.9. The number of piperidine rings is 1. The van der Waals surface area contributed by atoms with Crippen LogP contribution in [0.25, 0.3) is 0 Å². The van der Waals surface area contributed by atoms with E-state index in [-0.39, 0.29) is 43.5 Å². The monoisotopic (exact) mass is 462 g/mol. The summed E-state index contributed by atoms with van der Waals surface area (Å²) in [5.41, 5.74) is 0.469. The number of carbonyl (C=O) groups is 1.